The van der Waals surface area contributed by atoms with Gasteiger partial charge in [-0.3, -0.25) is 4.79 Å². The van der Waals surface area contributed by atoms with E-state index in [1.165, 1.54) is 6.07 Å². The molecule has 0 aliphatic carbocycles. The van der Waals surface area contributed by atoms with Gasteiger partial charge in [-0.25, -0.2) is 4.39 Å². The van der Waals surface area contributed by atoms with E-state index in [2.05, 4.69) is 21.2 Å². The van der Waals surface area contributed by atoms with E-state index in [9.17, 15) is 9.18 Å². The zero-order chi connectivity index (χ0) is 14.7. The first kappa shape index (κ1) is 15.3. The van der Waals surface area contributed by atoms with Crippen LogP contribution < -0.4 is 5.32 Å². The fourth-order valence-corrected chi connectivity index (χ4v) is 2.33. The average Bonchev–Trinajstić information content (AvgIpc) is 2.40. The van der Waals surface area contributed by atoms with Crippen molar-refractivity contribution in [2.45, 2.75) is 6.54 Å². The van der Waals surface area contributed by atoms with Gasteiger partial charge >= 0.3 is 0 Å². The number of amides is 1. The molecule has 0 aromatic heterocycles. The summed E-state index contributed by atoms with van der Waals surface area (Å²) in [6, 6.07) is 9.42. The molecular weight excluding hydrogens is 368 g/mol. The van der Waals surface area contributed by atoms with E-state index in [1.54, 1.807) is 30.3 Å². The van der Waals surface area contributed by atoms with Crippen LogP contribution in [-0.2, 0) is 6.54 Å². The molecule has 0 bridgehead atoms. The molecular formula is C14H9BrCl2FNO. The summed E-state index contributed by atoms with van der Waals surface area (Å²) in [5.74, 6) is -0.795. The summed E-state index contributed by atoms with van der Waals surface area (Å²) in [7, 11) is 0. The van der Waals surface area contributed by atoms with Crippen molar-refractivity contribution in [1.82, 2.24) is 5.32 Å². The Morgan fingerprint density at radius 1 is 1.25 bits per heavy atom. The Bertz CT molecular complexity index is 664. The number of carbonyl (C=O) groups excluding carboxylic acids is 1. The normalized spacial score (nSPS) is 10.4. The molecule has 0 aliphatic heterocycles. The third-order valence-electron chi connectivity index (χ3n) is 2.65. The fourth-order valence-electron chi connectivity index (χ4n) is 1.61. The molecule has 0 unspecified atom stereocenters. The fraction of sp³-hybridized carbons (Fsp3) is 0.0714. The highest BCUT2D eigenvalue weighted by Gasteiger charge is 2.13. The van der Waals surface area contributed by atoms with Crippen molar-refractivity contribution in [3.63, 3.8) is 0 Å². The van der Waals surface area contributed by atoms with Crippen molar-refractivity contribution < 1.29 is 9.18 Å². The lowest BCUT2D eigenvalue weighted by molar-refractivity contribution is 0.0951. The lowest BCUT2D eigenvalue weighted by Gasteiger charge is -2.08. The van der Waals surface area contributed by atoms with Gasteiger partial charge in [0.1, 0.15) is 5.82 Å². The Balaban J connectivity index is 2.11. The Morgan fingerprint density at radius 3 is 2.70 bits per heavy atom. The van der Waals surface area contributed by atoms with Gasteiger partial charge in [0.05, 0.1) is 15.6 Å². The minimum atomic E-state index is -0.403. The quantitative estimate of drug-likeness (QED) is 0.816. The second kappa shape index (κ2) is 6.57. The van der Waals surface area contributed by atoms with Crippen molar-refractivity contribution in [1.29, 1.82) is 0 Å². The molecule has 0 fully saturated rings. The van der Waals surface area contributed by atoms with E-state index in [0.717, 1.165) is 0 Å². The van der Waals surface area contributed by atoms with Crippen molar-refractivity contribution in [2.75, 3.05) is 0 Å². The standard InChI is InChI=1S/C14H9BrCl2FNO/c15-9-5-4-8(12(18)6-9)7-19-14(20)10-2-1-3-11(16)13(10)17/h1-6H,7H2,(H,19,20). The zero-order valence-electron chi connectivity index (χ0n) is 10.1. The molecule has 2 rings (SSSR count). The highest BCUT2D eigenvalue weighted by Crippen LogP contribution is 2.25. The predicted molar refractivity (Wildman–Crippen MR) is 81.7 cm³/mol. The van der Waals surface area contributed by atoms with Gasteiger partial charge in [-0.15, -0.1) is 0 Å². The molecule has 2 aromatic rings. The monoisotopic (exact) mass is 375 g/mol. The van der Waals surface area contributed by atoms with Crippen molar-refractivity contribution in [2.24, 2.45) is 0 Å². The number of rotatable bonds is 3. The van der Waals surface area contributed by atoms with E-state index in [1.807, 2.05) is 0 Å². The maximum atomic E-state index is 13.6. The first-order valence-electron chi connectivity index (χ1n) is 5.65. The smallest absolute Gasteiger partial charge is 0.253 e. The first-order chi connectivity index (χ1) is 9.49. The SMILES string of the molecule is O=C(NCc1ccc(Br)cc1F)c1cccc(Cl)c1Cl. The number of hydrogen-bond donors (Lipinski definition) is 1. The van der Waals surface area contributed by atoms with Crippen molar-refractivity contribution >= 4 is 45.0 Å². The van der Waals surface area contributed by atoms with Crippen LogP contribution in [0.4, 0.5) is 4.39 Å². The maximum absolute atomic E-state index is 13.6. The number of halogens is 4. The minimum Gasteiger partial charge on any atom is -0.348 e. The third-order valence-corrected chi connectivity index (χ3v) is 3.96. The summed E-state index contributed by atoms with van der Waals surface area (Å²) in [4.78, 5) is 12.0. The van der Waals surface area contributed by atoms with E-state index < -0.39 is 11.7 Å². The lowest BCUT2D eigenvalue weighted by atomic mass is 10.2. The molecule has 0 radical (unpaired) electrons. The highest BCUT2D eigenvalue weighted by molar-refractivity contribution is 9.10. The highest BCUT2D eigenvalue weighted by atomic mass is 79.9. The molecule has 0 saturated heterocycles. The van der Waals surface area contributed by atoms with Crippen LogP contribution in [0.3, 0.4) is 0 Å². The lowest BCUT2D eigenvalue weighted by Crippen LogP contribution is -2.23. The largest absolute Gasteiger partial charge is 0.348 e. The van der Waals surface area contributed by atoms with Crippen LogP contribution in [0, 0.1) is 5.82 Å². The van der Waals surface area contributed by atoms with Gasteiger partial charge < -0.3 is 5.32 Å². The molecule has 2 aromatic carbocycles. The summed E-state index contributed by atoms with van der Waals surface area (Å²) in [5.41, 5.74) is 0.649. The second-order valence-electron chi connectivity index (χ2n) is 4.02. The molecule has 104 valence electrons. The van der Waals surface area contributed by atoms with Gasteiger partial charge in [0.15, 0.2) is 0 Å². The summed E-state index contributed by atoms with van der Waals surface area (Å²) in [6.07, 6.45) is 0. The van der Waals surface area contributed by atoms with Gasteiger partial charge in [-0.05, 0) is 24.3 Å². The third kappa shape index (κ3) is 3.51. The topological polar surface area (TPSA) is 29.1 Å². The molecule has 0 saturated carbocycles. The van der Waals surface area contributed by atoms with Crippen LogP contribution >= 0.6 is 39.1 Å². The van der Waals surface area contributed by atoms with Gasteiger partial charge in [0.2, 0.25) is 0 Å². The van der Waals surface area contributed by atoms with Crippen LogP contribution in [0.1, 0.15) is 15.9 Å². The van der Waals surface area contributed by atoms with Crippen LogP contribution in [0.5, 0.6) is 0 Å². The van der Waals surface area contributed by atoms with E-state index in [-0.39, 0.29) is 17.1 Å². The number of hydrogen-bond acceptors (Lipinski definition) is 1. The maximum Gasteiger partial charge on any atom is 0.253 e. The predicted octanol–water partition coefficient (Wildman–Crippen LogP) is 4.83. The molecule has 1 N–H and O–H groups in total. The summed E-state index contributed by atoms with van der Waals surface area (Å²) in [5, 5.41) is 3.09. The first-order valence-corrected chi connectivity index (χ1v) is 7.20. The summed E-state index contributed by atoms with van der Waals surface area (Å²) < 4.78 is 14.3. The van der Waals surface area contributed by atoms with Crippen LogP contribution in [0.2, 0.25) is 10.0 Å². The Kier molecular flexibility index (Phi) is 5.02. The average molecular weight is 377 g/mol. The Morgan fingerprint density at radius 2 is 2.00 bits per heavy atom. The number of nitrogens with one attached hydrogen (secondary N) is 1. The van der Waals surface area contributed by atoms with Crippen molar-refractivity contribution in [3.8, 4) is 0 Å². The van der Waals surface area contributed by atoms with Crippen molar-refractivity contribution in [3.05, 3.63) is 67.9 Å². The van der Waals surface area contributed by atoms with E-state index >= 15 is 0 Å². The molecule has 6 heteroatoms. The van der Waals surface area contributed by atoms with Gasteiger partial charge in [0.25, 0.3) is 5.91 Å². The second-order valence-corrected chi connectivity index (χ2v) is 5.72. The van der Waals surface area contributed by atoms with Crippen LogP contribution in [-0.4, -0.2) is 5.91 Å². The molecule has 20 heavy (non-hydrogen) atoms. The van der Waals surface area contributed by atoms with Gasteiger partial charge in [0, 0.05) is 16.6 Å². The molecule has 2 nitrogen and oxygen atoms in total. The minimum absolute atomic E-state index is 0.0702. The van der Waals surface area contributed by atoms with E-state index in [0.29, 0.717) is 15.1 Å². The molecule has 0 heterocycles. The molecule has 0 spiro atoms. The molecule has 1 amide bonds. The Hall–Kier alpha value is -1.10. The van der Waals surface area contributed by atoms with Gasteiger partial charge in [-0.2, -0.15) is 0 Å². The van der Waals surface area contributed by atoms with Crippen LogP contribution in [0.25, 0.3) is 0 Å². The summed E-state index contributed by atoms with van der Waals surface area (Å²) >= 11 is 15.0. The number of carbonyl (C=O) groups is 1. The molecule has 0 aliphatic rings. The summed E-state index contributed by atoms with van der Waals surface area (Å²) in [6.45, 7) is 0.0702. The van der Waals surface area contributed by atoms with Gasteiger partial charge in [-0.1, -0.05) is 51.3 Å². The van der Waals surface area contributed by atoms with Crippen LogP contribution in [0.15, 0.2) is 40.9 Å². The van der Waals surface area contributed by atoms with E-state index in [4.69, 9.17) is 23.2 Å². The number of benzene rings is 2. The molecule has 0 atom stereocenters. The Labute approximate surface area is 134 Å². The zero-order valence-corrected chi connectivity index (χ0v) is 13.2.